The molecule has 0 aliphatic rings. The fourth-order valence-electron chi connectivity index (χ4n) is 2.50. The lowest BCUT2D eigenvalue weighted by Gasteiger charge is -2.13. The van der Waals surface area contributed by atoms with Crippen LogP contribution in [0.15, 0.2) is 48.5 Å². The van der Waals surface area contributed by atoms with Crippen molar-refractivity contribution >= 4 is 44.4 Å². The molecule has 1 aromatic heterocycles. The van der Waals surface area contributed by atoms with Crippen LogP contribution >= 0.6 is 22.6 Å². The second kappa shape index (κ2) is 4.33. The predicted molar refractivity (Wildman–Crippen MR) is 83.0 cm³/mol. The van der Waals surface area contributed by atoms with Crippen LogP contribution in [0.1, 0.15) is 13.0 Å². The quantitative estimate of drug-likeness (QED) is 0.469. The first-order valence-corrected chi connectivity index (χ1v) is 7.39. The van der Waals surface area contributed by atoms with Crippen molar-refractivity contribution in [3.8, 4) is 0 Å². The molecule has 0 amide bonds. The SMILES string of the molecule is CC(CI)n1c2ccccc2c2ccccc21. The molecule has 0 N–H and O–H groups in total. The Morgan fingerprint density at radius 1 is 0.941 bits per heavy atom. The molecule has 0 spiro atoms. The average Bonchev–Trinajstić information content (AvgIpc) is 2.72. The summed E-state index contributed by atoms with van der Waals surface area (Å²) in [6.07, 6.45) is 0. The molecule has 1 atom stereocenters. The summed E-state index contributed by atoms with van der Waals surface area (Å²) in [6, 6.07) is 17.9. The molecular formula is C15H14IN. The van der Waals surface area contributed by atoms with Gasteiger partial charge in [0.15, 0.2) is 0 Å². The van der Waals surface area contributed by atoms with Gasteiger partial charge in [-0.15, -0.1) is 0 Å². The van der Waals surface area contributed by atoms with Crippen molar-refractivity contribution in [1.29, 1.82) is 0 Å². The van der Waals surface area contributed by atoms with Crippen LogP contribution in [0.25, 0.3) is 21.8 Å². The van der Waals surface area contributed by atoms with Gasteiger partial charge in [-0.2, -0.15) is 0 Å². The molecule has 2 heteroatoms. The Balaban J connectivity index is 2.50. The Hall–Kier alpha value is -1.03. The zero-order valence-electron chi connectivity index (χ0n) is 9.73. The molecule has 0 radical (unpaired) electrons. The third-order valence-corrected chi connectivity index (χ3v) is 4.56. The molecule has 3 rings (SSSR count). The summed E-state index contributed by atoms with van der Waals surface area (Å²) in [5.74, 6) is 0. The Morgan fingerprint density at radius 3 is 1.88 bits per heavy atom. The zero-order valence-corrected chi connectivity index (χ0v) is 11.9. The normalized spacial score (nSPS) is 13.3. The van der Waals surface area contributed by atoms with E-state index in [0.717, 1.165) is 4.43 Å². The molecule has 0 aliphatic heterocycles. The van der Waals surface area contributed by atoms with Gasteiger partial charge in [-0.1, -0.05) is 59.0 Å². The van der Waals surface area contributed by atoms with Crippen LogP contribution in [-0.4, -0.2) is 8.99 Å². The highest BCUT2D eigenvalue weighted by Gasteiger charge is 2.12. The maximum absolute atomic E-state index is 2.46. The molecule has 17 heavy (non-hydrogen) atoms. The Bertz CT molecular complexity index is 616. The van der Waals surface area contributed by atoms with Crippen molar-refractivity contribution < 1.29 is 0 Å². The van der Waals surface area contributed by atoms with Crippen molar-refractivity contribution in [2.24, 2.45) is 0 Å². The lowest BCUT2D eigenvalue weighted by molar-refractivity contribution is 0.661. The summed E-state index contributed by atoms with van der Waals surface area (Å²) in [5, 5.41) is 2.72. The molecule has 1 nitrogen and oxygen atoms in total. The van der Waals surface area contributed by atoms with Gasteiger partial charge in [0.05, 0.1) is 0 Å². The van der Waals surface area contributed by atoms with Crippen molar-refractivity contribution in [2.45, 2.75) is 13.0 Å². The lowest BCUT2D eigenvalue weighted by Crippen LogP contribution is -2.05. The van der Waals surface area contributed by atoms with E-state index in [9.17, 15) is 0 Å². The fraction of sp³-hybridized carbons (Fsp3) is 0.200. The Kier molecular flexibility index (Phi) is 2.82. The molecular weight excluding hydrogens is 321 g/mol. The number of aromatic nitrogens is 1. The van der Waals surface area contributed by atoms with E-state index in [0.29, 0.717) is 6.04 Å². The molecule has 0 aliphatic carbocycles. The maximum Gasteiger partial charge on any atom is 0.0494 e. The molecule has 3 aromatic rings. The summed E-state index contributed by atoms with van der Waals surface area (Å²) in [7, 11) is 0. The van der Waals surface area contributed by atoms with Crippen LogP contribution in [-0.2, 0) is 0 Å². The number of para-hydroxylation sites is 2. The minimum Gasteiger partial charge on any atom is -0.337 e. The van der Waals surface area contributed by atoms with Gasteiger partial charge in [-0.05, 0) is 19.1 Å². The summed E-state index contributed by atoms with van der Waals surface area (Å²) in [6.45, 7) is 2.28. The molecule has 2 aromatic carbocycles. The van der Waals surface area contributed by atoms with E-state index in [-0.39, 0.29) is 0 Å². The number of alkyl halides is 1. The maximum atomic E-state index is 2.46. The van der Waals surface area contributed by atoms with E-state index in [2.05, 4.69) is 82.6 Å². The highest BCUT2D eigenvalue weighted by molar-refractivity contribution is 14.1. The molecule has 0 saturated heterocycles. The van der Waals surface area contributed by atoms with Gasteiger partial charge in [-0.3, -0.25) is 0 Å². The standard InChI is InChI=1S/C15H14IN/c1-11(10-16)17-14-8-4-2-6-12(14)13-7-3-5-9-15(13)17/h2-9,11H,10H2,1H3. The van der Waals surface area contributed by atoms with Gasteiger partial charge >= 0.3 is 0 Å². The summed E-state index contributed by atoms with van der Waals surface area (Å²) in [5.41, 5.74) is 2.69. The van der Waals surface area contributed by atoms with Gasteiger partial charge in [0.1, 0.15) is 0 Å². The third-order valence-electron chi connectivity index (χ3n) is 3.28. The van der Waals surface area contributed by atoms with Gasteiger partial charge < -0.3 is 4.57 Å². The van der Waals surface area contributed by atoms with E-state index in [1.54, 1.807) is 0 Å². The van der Waals surface area contributed by atoms with Crippen LogP contribution in [0.5, 0.6) is 0 Å². The number of hydrogen-bond donors (Lipinski definition) is 0. The minimum absolute atomic E-state index is 0.528. The average molecular weight is 335 g/mol. The summed E-state index contributed by atoms with van der Waals surface area (Å²) in [4.78, 5) is 0. The van der Waals surface area contributed by atoms with E-state index >= 15 is 0 Å². The topological polar surface area (TPSA) is 4.93 Å². The van der Waals surface area contributed by atoms with Crippen molar-refractivity contribution in [3.63, 3.8) is 0 Å². The van der Waals surface area contributed by atoms with Crippen molar-refractivity contribution in [3.05, 3.63) is 48.5 Å². The highest BCUT2D eigenvalue weighted by atomic mass is 127. The number of hydrogen-bond acceptors (Lipinski definition) is 0. The first kappa shape index (κ1) is 11.1. The monoisotopic (exact) mass is 335 g/mol. The van der Waals surface area contributed by atoms with Gasteiger partial charge in [0.25, 0.3) is 0 Å². The molecule has 0 saturated carbocycles. The number of nitrogens with zero attached hydrogens (tertiary/aromatic N) is 1. The van der Waals surface area contributed by atoms with Crippen LogP contribution in [0, 0.1) is 0 Å². The lowest BCUT2D eigenvalue weighted by atomic mass is 10.2. The molecule has 1 heterocycles. The molecule has 1 unspecified atom stereocenters. The Morgan fingerprint density at radius 2 is 1.41 bits per heavy atom. The smallest absolute Gasteiger partial charge is 0.0494 e. The van der Waals surface area contributed by atoms with Gasteiger partial charge in [0.2, 0.25) is 0 Å². The zero-order chi connectivity index (χ0) is 11.8. The predicted octanol–water partition coefficient (Wildman–Crippen LogP) is 4.79. The number of benzene rings is 2. The second-order valence-electron chi connectivity index (χ2n) is 4.41. The van der Waals surface area contributed by atoms with Crippen LogP contribution in [0.4, 0.5) is 0 Å². The third kappa shape index (κ3) is 1.66. The fourth-order valence-corrected chi connectivity index (χ4v) is 2.89. The first-order chi connectivity index (χ1) is 8.33. The van der Waals surface area contributed by atoms with E-state index in [1.165, 1.54) is 21.8 Å². The van der Waals surface area contributed by atoms with Gasteiger partial charge in [-0.25, -0.2) is 0 Å². The van der Waals surface area contributed by atoms with Crippen LogP contribution < -0.4 is 0 Å². The highest BCUT2D eigenvalue weighted by Crippen LogP contribution is 2.31. The van der Waals surface area contributed by atoms with Crippen molar-refractivity contribution in [1.82, 2.24) is 4.57 Å². The summed E-state index contributed by atoms with van der Waals surface area (Å²) < 4.78 is 3.58. The second-order valence-corrected chi connectivity index (χ2v) is 5.29. The van der Waals surface area contributed by atoms with Crippen LogP contribution in [0.3, 0.4) is 0 Å². The molecule has 0 fully saturated rings. The van der Waals surface area contributed by atoms with E-state index in [1.807, 2.05) is 0 Å². The minimum atomic E-state index is 0.528. The van der Waals surface area contributed by atoms with Gasteiger partial charge in [0, 0.05) is 32.3 Å². The largest absolute Gasteiger partial charge is 0.337 e. The Labute approximate surface area is 115 Å². The number of fused-ring (bicyclic) bond motifs is 3. The molecule has 86 valence electrons. The summed E-state index contributed by atoms with van der Waals surface area (Å²) >= 11 is 2.46. The van der Waals surface area contributed by atoms with Crippen molar-refractivity contribution in [2.75, 3.05) is 4.43 Å². The number of halogens is 1. The van der Waals surface area contributed by atoms with Crippen LogP contribution in [0.2, 0.25) is 0 Å². The molecule has 0 bridgehead atoms. The van der Waals surface area contributed by atoms with E-state index < -0.39 is 0 Å². The van der Waals surface area contributed by atoms with E-state index in [4.69, 9.17) is 0 Å². The number of rotatable bonds is 2. The first-order valence-electron chi connectivity index (χ1n) is 5.86.